The molecule has 1 N–H and O–H groups in total. The first kappa shape index (κ1) is 14.9. The van der Waals surface area contributed by atoms with Crippen LogP contribution in [-0.2, 0) is 13.1 Å². The van der Waals surface area contributed by atoms with Gasteiger partial charge >= 0.3 is 0 Å². The predicted molar refractivity (Wildman–Crippen MR) is 77.0 cm³/mol. The van der Waals surface area contributed by atoms with Crippen LogP contribution < -0.4 is 10.1 Å². The van der Waals surface area contributed by atoms with Crippen LogP contribution >= 0.6 is 0 Å². The molecule has 1 heterocycles. The zero-order valence-electron chi connectivity index (χ0n) is 11.9. The average Bonchev–Trinajstić information content (AvgIpc) is 2.49. The van der Waals surface area contributed by atoms with Gasteiger partial charge in [0.25, 0.3) is 5.69 Å². The van der Waals surface area contributed by atoms with Crippen LogP contribution in [0.15, 0.2) is 30.6 Å². The lowest BCUT2D eigenvalue weighted by Crippen LogP contribution is -2.14. The van der Waals surface area contributed by atoms with Gasteiger partial charge in [-0.3, -0.25) is 20.1 Å². The SMILES string of the molecule is COc1cc(CNCc2cnc(C)cn2)cc([N+](=O)[O-])c1. The number of nitro benzene ring substituents is 1. The molecule has 7 nitrogen and oxygen atoms in total. The van der Waals surface area contributed by atoms with Crippen molar-refractivity contribution in [3.63, 3.8) is 0 Å². The topological polar surface area (TPSA) is 90.2 Å². The molecule has 0 saturated heterocycles. The molecule has 0 fully saturated rings. The Hall–Kier alpha value is -2.54. The molecule has 0 radical (unpaired) electrons. The van der Waals surface area contributed by atoms with E-state index in [1.54, 1.807) is 18.5 Å². The molecule has 7 heteroatoms. The zero-order valence-corrected chi connectivity index (χ0v) is 11.9. The summed E-state index contributed by atoms with van der Waals surface area (Å²) >= 11 is 0. The van der Waals surface area contributed by atoms with Crippen molar-refractivity contribution >= 4 is 5.69 Å². The summed E-state index contributed by atoms with van der Waals surface area (Å²) in [6, 6.07) is 4.69. The molecule has 2 rings (SSSR count). The van der Waals surface area contributed by atoms with Crippen molar-refractivity contribution in [2.45, 2.75) is 20.0 Å². The summed E-state index contributed by atoms with van der Waals surface area (Å²) in [6.45, 7) is 2.89. The van der Waals surface area contributed by atoms with Crippen LogP contribution in [0, 0.1) is 17.0 Å². The molecule has 0 unspecified atom stereocenters. The molecule has 0 aliphatic carbocycles. The summed E-state index contributed by atoms with van der Waals surface area (Å²) in [5.41, 5.74) is 2.47. The highest BCUT2D eigenvalue weighted by molar-refractivity contribution is 5.42. The summed E-state index contributed by atoms with van der Waals surface area (Å²) in [4.78, 5) is 18.8. The smallest absolute Gasteiger partial charge is 0.273 e. The molecule has 0 aliphatic heterocycles. The number of aromatic nitrogens is 2. The molecule has 1 aromatic carbocycles. The molecular weight excluding hydrogens is 272 g/mol. The number of hydrogen-bond donors (Lipinski definition) is 1. The van der Waals surface area contributed by atoms with Gasteiger partial charge in [0.05, 0.1) is 29.5 Å². The van der Waals surface area contributed by atoms with Crippen molar-refractivity contribution in [3.05, 3.63) is 57.7 Å². The minimum absolute atomic E-state index is 0.0151. The summed E-state index contributed by atoms with van der Waals surface area (Å²) in [7, 11) is 1.48. The summed E-state index contributed by atoms with van der Waals surface area (Å²) < 4.78 is 5.07. The van der Waals surface area contributed by atoms with Crippen LogP contribution in [0.1, 0.15) is 17.0 Å². The van der Waals surface area contributed by atoms with E-state index < -0.39 is 4.92 Å². The van der Waals surface area contributed by atoms with Crippen molar-refractivity contribution < 1.29 is 9.66 Å². The van der Waals surface area contributed by atoms with Crippen LogP contribution in [0.3, 0.4) is 0 Å². The van der Waals surface area contributed by atoms with E-state index in [2.05, 4.69) is 15.3 Å². The molecule has 0 amide bonds. The molecule has 0 bridgehead atoms. The van der Waals surface area contributed by atoms with Crippen molar-refractivity contribution in [2.24, 2.45) is 0 Å². The van der Waals surface area contributed by atoms with Crippen LogP contribution in [0.4, 0.5) is 5.69 Å². The standard InChI is InChI=1S/C14H16N4O3/c1-10-6-17-12(9-16-10)8-15-7-11-3-13(18(19)20)5-14(4-11)21-2/h3-6,9,15H,7-8H2,1-2H3. The molecule has 1 aromatic heterocycles. The van der Waals surface area contributed by atoms with E-state index in [1.165, 1.54) is 19.2 Å². The lowest BCUT2D eigenvalue weighted by Gasteiger charge is -2.07. The second-order valence-corrected chi connectivity index (χ2v) is 4.55. The number of ether oxygens (including phenoxy) is 1. The number of non-ortho nitro benzene ring substituents is 1. The van der Waals surface area contributed by atoms with Gasteiger partial charge in [0, 0.05) is 31.5 Å². The Morgan fingerprint density at radius 3 is 2.67 bits per heavy atom. The third kappa shape index (κ3) is 4.22. The van der Waals surface area contributed by atoms with Gasteiger partial charge in [-0.1, -0.05) is 0 Å². The Kier molecular flexibility index (Phi) is 4.78. The van der Waals surface area contributed by atoms with Crippen molar-refractivity contribution in [2.75, 3.05) is 7.11 Å². The molecule has 110 valence electrons. The quantitative estimate of drug-likeness (QED) is 0.645. The van der Waals surface area contributed by atoms with E-state index in [1.807, 2.05) is 6.92 Å². The maximum absolute atomic E-state index is 10.9. The Bertz CT molecular complexity index is 629. The van der Waals surface area contributed by atoms with Crippen molar-refractivity contribution in [1.82, 2.24) is 15.3 Å². The predicted octanol–water partition coefficient (Wildman–Crippen LogP) is 1.99. The second kappa shape index (κ2) is 6.76. The highest BCUT2D eigenvalue weighted by Crippen LogP contribution is 2.22. The largest absolute Gasteiger partial charge is 0.496 e. The van der Waals surface area contributed by atoms with Gasteiger partial charge < -0.3 is 10.1 Å². The molecule has 21 heavy (non-hydrogen) atoms. The van der Waals surface area contributed by atoms with Crippen molar-refractivity contribution in [1.29, 1.82) is 0 Å². The number of nitro groups is 1. The van der Waals surface area contributed by atoms with E-state index in [0.29, 0.717) is 18.8 Å². The first-order valence-electron chi connectivity index (χ1n) is 6.39. The van der Waals surface area contributed by atoms with Gasteiger partial charge in [0.1, 0.15) is 5.75 Å². The first-order chi connectivity index (χ1) is 10.1. The van der Waals surface area contributed by atoms with E-state index in [9.17, 15) is 10.1 Å². The summed E-state index contributed by atoms with van der Waals surface area (Å²) in [5.74, 6) is 0.469. The molecule has 0 spiro atoms. The Morgan fingerprint density at radius 2 is 2.05 bits per heavy atom. The van der Waals surface area contributed by atoms with Gasteiger partial charge in [0.15, 0.2) is 0 Å². The number of rotatable bonds is 6. The zero-order chi connectivity index (χ0) is 15.2. The van der Waals surface area contributed by atoms with E-state index in [4.69, 9.17) is 4.74 Å². The summed E-state index contributed by atoms with van der Waals surface area (Å²) in [6.07, 6.45) is 3.41. The van der Waals surface area contributed by atoms with Gasteiger partial charge in [-0.05, 0) is 18.6 Å². The van der Waals surface area contributed by atoms with Gasteiger partial charge in [-0.15, -0.1) is 0 Å². The Labute approximate surface area is 122 Å². The van der Waals surface area contributed by atoms with E-state index >= 15 is 0 Å². The third-order valence-corrected chi connectivity index (χ3v) is 2.87. The number of benzene rings is 1. The Balaban J connectivity index is 2.00. The highest BCUT2D eigenvalue weighted by atomic mass is 16.6. The fourth-order valence-corrected chi connectivity index (χ4v) is 1.81. The van der Waals surface area contributed by atoms with Crippen molar-refractivity contribution in [3.8, 4) is 5.75 Å². The highest BCUT2D eigenvalue weighted by Gasteiger charge is 2.10. The van der Waals surface area contributed by atoms with Gasteiger partial charge in [-0.25, -0.2) is 0 Å². The van der Waals surface area contributed by atoms with Crippen LogP contribution in [0.25, 0.3) is 0 Å². The number of nitrogens with zero attached hydrogens (tertiary/aromatic N) is 3. The number of methoxy groups -OCH3 is 1. The Morgan fingerprint density at radius 1 is 1.24 bits per heavy atom. The number of aryl methyl sites for hydroxylation is 1. The number of hydrogen-bond acceptors (Lipinski definition) is 6. The minimum Gasteiger partial charge on any atom is -0.496 e. The fourth-order valence-electron chi connectivity index (χ4n) is 1.81. The monoisotopic (exact) mass is 288 g/mol. The summed E-state index contributed by atoms with van der Waals surface area (Å²) in [5, 5.41) is 14.0. The van der Waals surface area contributed by atoms with Crippen LogP contribution in [0.5, 0.6) is 5.75 Å². The minimum atomic E-state index is -0.433. The lowest BCUT2D eigenvalue weighted by molar-refractivity contribution is -0.385. The maximum atomic E-state index is 10.9. The third-order valence-electron chi connectivity index (χ3n) is 2.87. The van der Waals surface area contributed by atoms with Gasteiger partial charge in [-0.2, -0.15) is 0 Å². The molecule has 0 aliphatic rings. The molecular formula is C14H16N4O3. The fraction of sp³-hybridized carbons (Fsp3) is 0.286. The number of nitrogens with one attached hydrogen (secondary N) is 1. The normalized spacial score (nSPS) is 10.4. The van der Waals surface area contributed by atoms with Gasteiger partial charge in [0.2, 0.25) is 0 Å². The molecule has 2 aromatic rings. The maximum Gasteiger partial charge on any atom is 0.273 e. The average molecular weight is 288 g/mol. The van der Waals surface area contributed by atoms with Crippen LogP contribution in [0.2, 0.25) is 0 Å². The second-order valence-electron chi connectivity index (χ2n) is 4.55. The molecule has 0 atom stereocenters. The van der Waals surface area contributed by atoms with E-state index in [-0.39, 0.29) is 5.69 Å². The first-order valence-corrected chi connectivity index (χ1v) is 6.39. The van der Waals surface area contributed by atoms with E-state index in [0.717, 1.165) is 17.0 Å². The molecule has 0 saturated carbocycles. The van der Waals surface area contributed by atoms with Crippen LogP contribution in [-0.4, -0.2) is 22.0 Å². The lowest BCUT2D eigenvalue weighted by atomic mass is 10.2.